The molecule has 0 bridgehead atoms. The van der Waals surface area contributed by atoms with Crippen LogP contribution in [0.2, 0.25) is 0 Å². The van der Waals surface area contributed by atoms with Crippen LogP contribution in [0.25, 0.3) is 0 Å². The van der Waals surface area contributed by atoms with E-state index in [9.17, 15) is 18.0 Å². The lowest BCUT2D eigenvalue weighted by Crippen LogP contribution is -2.14. The van der Waals surface area contributed by atoms with Crippen LogP contribution < -0.4 is 0 Å². The Morgan fingerprint density at radius 3 is 2.43 bits per heavy atom. The van der Waals surface area contributed by atoms with Crippen LogP contribution in [-0.2, 0) is 6.18 Å². The summed E-state index contributed by atoms with van der Waals surface area (Å²) in [5.41, 5.74) is 0. The number of carbonyl (C=O) groups excluding carboxylic acids is 1. The van der Waals surface area contributed by atoms with E-state index in [1.807, 2.05) is 0 Å². The molecule has 0 fully saturated rings. The van der Waals surface area contributed by atoms with Crippen LogP contribution >= 0.6 is 0 Å². The molecule has 1 aromatic heterocycles. The van der Waals surface area contributed by atoms with Gasteiger partial charge in [0.1, 0.15) is 5.82 Å². The molecular weight excluding hydrogens is 199 g/mol. The lowest BCUT2D eigenvalue weighted by atomic mass is 10.4. The Kier molecular flexibility index (Phi) is 2.59. The fourth-order valence-corrected chi connectivity index (χ4v) is 0.896. The van der Waals surface area contributed by atoms with Gasteiger partial charge in [0.05, 0.1) is 0 Å². The van der Waals surface area contributed by atoms with Gasteiger partial charge in [-0.1, -0.05) is 6.92 Å². The van der Waals surface area contributed by atoms with Crippen molar-refractivity contribution in [3.63, 3.8) is 0 Å². The summed E-state index contributed by atoms with van der Waals surface area (Å²) in [5.74, 6) is -1.84. The minimum absolute atomic E-state index is 0.0517. The maximum absolute atomic E-state index is 12.1. The fraction of sp³-hybridized carbons (Fsp3) is 0.571. The minimum atomic E-state index is -4.61. The molecular formula is C7H8F3N3O. The highest BCUT2D eigenvalue weighted by Crippen LogP contribution is 2.26. The van der Waals surface area contributed by atoms with E-state index in [2.05, 4.69) is 10.1 Å². The lowest BCUT2D eigenvalue weighted by Gasteiger charge is -1.98. The van der Waals surface area contributed by atoms with Gasteiger partial charge in [-0.25, -0.2) is 4.98 Å². The Morgan fingerprint density at radius 2 is 2.07 bits per heavy atom. The van der Waals surface area contributed by atoms with Crippen molar-refractivity contribution in [1.82, 2.24) is 14.8 Å². The van der Waals surface area contributed by atoms with Gasteiger partial charge >= 0.3 is 6.18 Å². The van der Waals surface area contributed by atoms with Gasteiger partial charge in [0.15, 0.2) is 0 Å². The van der Waals surface area contributed by atoms with Crippen LogP contribution in [0.15, 0.2) is 0 Å². The first-order chi connectivity index (χ1) is 6.36. The molecule has 1 aromatic rings. The first kappa shape index (κ1) is 10.7. The smallest absolute Gasteiger partial charge is 0.273 e. The van der Waals surface area contributed by atoms with Gasteiger partial charge < -0.3 is 0 Å². The number of aryl methyl sites for hydroxylation is 1. The molecule has 0 unspecified atom stereocenters. The maximum atomic E-state index is 12.1. The number of carbonyl (C=O) groups is 1. The second-order valence-corrected chi connectivity index (χ2v) is 2.64. The molecule has 0 aliphatic heterocycles. The molecule has 0 saturated carbocycles. The van der Waals surface area contributed by atoms with E-state index in [-0.39, 0.29) is 12.2 Å². The van der Waals surface area contributed by atoms with Crippen LogP contribution in [0.4, 0.5) is 13.2 Å². The average molecular weight is 207 g/mol. The molecule has 0 aromatic carbocycles. The Balaban J connectivity index is 3.12. The monoisotopic (exact) mass is 207 g/mol. The fourth-order valence-electron chi connectivity index (χ4n) is 0.896. The van der Waals surface area contributed by atoms with Gasteiger partial charge in [0, 0.05) is 6.42 Å². The van der Waals surface area contributed by atoms with Crippen molar-refractivity contribution >= 4 is 5.91 Å². The topological polar surface area (TPSA) is 47.8 Å². The molecule has 1 rings (SSSR count). The van der Waals surface area contributed by atoms with Crippen molar-refractivity contribution in [2.45, 2.75) is 26.4 Å². The molecule has 1 heterocycles. The quantitative estimate of drug-likeness (QED) is 0.703. The highest BCUT2D eigenvalue weighted by molar-refractivity contribution is 5.77. The summed E-state index contributed by atoms with van der Waals surface area (Å²) in [5, 5.41) is 3.08. The Bertz CT molecular complexity index is 356. The van der Waals surface area contributed by atoms with Crippen LogP contribution in [0.5, 0.6) is 0 Å². The number of alkyl halides is 3. The molecule has 0 atom stereocenters. The van der Waals surface area contributed by atoms with E-state index in [1.165, 1.54) is 13.8 Å². The van der Waals surface area contributed by atoms with Gasteiger partial charge in [-0.05, 0) is 6.92 Å². The van der Waals surface area contributed by atoms with Gasteiger partial charge in [-0.3, -0.25) is 4.79 Å². The van der Waals surface area contributed by atoms with Gasteiger partial charge in [-0.15, -0.1) is 5.10 Å². The predicted molar refractivity (Wildman–Crippen MR) is 40.7 cm³/mol. The molecule has 0 aliphatic rings. The first-order valence-corrected chi connectivity index (χ1v) is 3.90. The molecule has 7 heteroatoms. The second-order valence-electron chi connectivity index (χ2n) is 2.64. The van der Waals surface area contributed by atoms with Crippen LogP contribution in [0, 0.1) is 6.92 Å². The van der Waals surface area contributed by atoms with Crippen molar-refractivity contribution in [2.75, 3.05) is 0 Å². The third-order valence-corrected chi connectivity index (χ3v) is 1.56. The number of nitrogens with zero attached hydrogens (tertiary/aromatic N) is 3. The normalized spacial score (nSPS) is 11.8. The van der Waals surface area contributed by atoms with Gasteiger partial charge in [-0.2, -0.15) is 17.9 Å². The number of rotatable bonds is 1. The first-order valence-electron chi connectivity index (χ1n) is 3.90. The van der Waals surface area contributed by atoms with E-state index in [4.69, 9.17) is 0 Å². The standard InChI is InChI=1S/C7H8F3N3O/c1-3-5(14)13-4(2)11-6(12-13)7(8,9)10/h3H2,1-2H3. The van der Waals surface area contributed by atoms with Crippen molar-refractivity contribution in [3.05, 3.63) is 11.6 Å². The van der Waals surface area contributed by atoms with Crippen molar-refractivity contribution < 1.29 is 18.0 Å². The largest absolute Gasteiger partial charge is 0.453 e. The summed E-state index contributed by atoms with van der Waals surface area (Å²) in [7, 11) is 0. The van der Waals surface area contributed by atoms with Crippen LogP contribution in [-0.4, -0.2) is 20.7 Å². The van der Waals surface area contributed by atoms with Crippen molar-refractivity contribution in [1.29, 1.82) is 0 Å². The predicted octanol–water partition coefficient (Wildman–Crippen LogP) is 1.66. The van der Waals surface area contributed by atoms with Gasteiger partial charge in [0.25, 0.3) is 5.82 Å². The summed E-state index contributed by atoms with van der Waals surface area (Å²) in [6.45, 7) is 2.84. The van der Waals surface area contributed by atoms with E-state index < -0.39 is 17.9 Å². The zero-order valence-corrected chi connectivity index (χ0v) is 7.59. The summed E-state index contributed by atoms with van der Waals surface area (Å²) >= 11 is 0. The number of hydrogen-bond acceptors (Lipinski definition) is 3. The summed E-state index contributed by atoms with van der Waals surface area (Å²) in [6.07, 6.45) is -4.52. The summed E-state index contributed by atoms with van der Waals surface area (Å²) < 4.78 is 37.0. The van der Waals surface area contributed by atoms with E-state index in [0.717, 1.165) is 0 Å². The molecule has 78 valence electrons. The molecule has 0 aliphatic carbocycles. The number of hydrogen-bond donors (Lipinski definition) is 0. The zero-order valence-electron chi connectivity index (χ0n) is 7.59. The Labute approximate surface area is 77.7 Å². The third kappa shape index (κ3) is 1.91. The molecule has 0 N–H and O–H groups in total. The number of aromatic nitrogens is 3. The van der Waals surface area contributed by atoms with E-state index >= 15 is 0 Å². The third-order valence-electron chi connectivity index (χ3n) is 1.56. The highest BCUT2D eigenvalue weighted by Gasteiger charge is 2.37. The van der Waals surface area contributed by atoms with Crippen LogP contribution in [0.3, 0.4) is 0 Å². The lowest BCUT2D eigenvalue weighted by molar-refractivity contribution is -0.144. The maximum Gasteiger partial charge on any atom is 0.453 e. The van der Waals surface area contributed by atoms with Crippen molar-refractivity contribution in [2.24, 2.45) is 0 Å². The zero-order chi connectivity index (χ0) is 10.9. The van der Waals surface area contributed by atoms with E-state index in [1.54, 1.807) is 0 Å². The average Bonchev–Trinajstić information content (AvgIpc) is 2.45. The Morgan fingerprint density at radius 1 is 1.50 bits per heavy atom. The van der Waals surface area contributed by atoms with Gasteiger partial charge in [0.2, 0.25) is 5.91 Å². The minimum Gasteiger partial charge on any atom is -0.273 e. The summed E-state index contributed by atoms with van der Waals surface area (Å²) in [6, 6.07) is 0. The number of halogens is 3. The molecule has 4 nitrogen and oxygen atoms in total. The molecule has 0 saturated heterocycles. The molecule has 0 spiro atoms. The van der Waals surface area contributed by atoms with E-state index in [0.29, 0.717) is 4.68 Å². The SMILES string of the molecule is CCC(=O)n1nc(C(F)(F)F)nc1C. The summed E-state index contributed by atoms with van der Waals surface area (Å²) in [4.78, 5) is 14.2. The van der Waals surface area contributed by atoms with Crippen LogP contribution in [0.1, 0.15) is 29.8 Å². The molecule has 14 heavy (non-hydrogen) atoms. The molecule has 0 radical (unpaired) electrons. The second kappa shape index (κ2) is 3.39. The highest BCUT2D eigenvalue weighted by atomic mass is 19.4. The Hall–Kier alpha value is -1.40. The molecule has 0 amide bonds. The van der Waals surface area contributed by atoms with Crippen molar-refractivity contribution in [3.8, 4) is 0 Å².